The average molecular weight is 417 g/mol. The first kappa shape index (κ1) is 19.7. The van der Waals surface area contributed by atoms with E-state index in [0.29, 0.717) is 28.6 Å². The second-order valence-corrected chi connectivity index (χ2v) is 6.78. The van der Waals surface area contributed by atoms with Crippen LogP contribution in [0, 0.1) is 11.7 Å². The zero-order chi connectivity index (χ0) is 20.1. The molecule has 0 radical (unpaired) electrons. The standard InChI is InChI=1S/C18H17ClN6O2S/c1-11-14(17(19)25(24-11)10-12-5-3-2-4-6-12)9-20-23-16(27)8-13-7-15(26)22-18(28)21-13/h2-7,9H,8,10H2,1H3,(H,23,27)(H2,21,22,26,28)/b20-9-. The Kier molecular flexibility index (Phi) is 6.17. The average Bonchev–Trinajstić information content (AvgIpc) is 2.89. The van der Waals surface area contributed by atoms with Crippen LogP contribution in [0.4, 0.5) is 0 Å². The quantitative estimate of drug-likeness (QED) is 0.325. The van der Waals surface area contributed by atoms with Gasteiger partial charge in [-0.2, -0.15) is 10.2 Å². The molecule has 1 amide bonds. The first-order valence-electron chi connectivity index (χ1n) is 8.33. The summed E-state index contributed by atoms with van der Waals surface area (Å²) in [4.78, 5) is 28.5. The molecule has 0 bridgehead atoms. The molecule has 10 heteroatoms. The Balaban J connectivity index is 1.66. The van der Waals surface area contributed by atoms with Gasteiger partial charge in [-0.1, -0.05) is 41.9 Å². The van der Waals surface area contributed by atoms with Gasteiger partial charge >= 0.3 is 0 Å². The first-order valence-corrected chi connectivity index (χ1v) is 9.12. The summed E-state index contributed by atoms with van der Waals surface area (Å²) >= 11 is 11.3. The fraction of sp³-hybridized carbons (Fsp3) is 0.167. The molecule has 0 saturated heterocycles. The number of aromatic nitrogens is 4. The molecule has 3 N–H and O–H groups in total. The van der Waals surface area contributed by atoms with Crippen molar-refractivity contribution in [3.63, 3.8) is 0 Å². The lowest BCUT2D eigenvalue weighted by Crippen LogP contribution is -2.21. The lowest BCUT2D eigenvalue weighted by molar-refractivity contribution is -0.120. The molecule has 0 saturated carbocycles. The van der Waals surface area contributed by atoms with Crippen LogP contribution in [0.2, 0.25) is 5.15 Å². The number of H-pyrrole nitrogens is 2. The van der Waals surface area contributed by atoms with E-state index in [1.165, 1.54) is 12.3 Å². The van der Waals surface area contributed by atoms with E-state index in [-0.39, 0.29) is 16.8 Å². The maximum Gasteiger partial charge on any atom is 0.251 e. The normalized spacial score (nSPS) is 11.1. The molecule has 144 valence electrons. The molecule has 3 aromatic rings. The molecule has 0 spiro atoms. The van der Waals surface area contributed by atoms with Gasteiger partial charge in [-0.25, -0.2) is 10.1 Å². The van der Waals surface area contributed by atoms with E-state index in [0.717, 1.165) is 5.56 Å². The Labute approximate surface area is 170 Å². The molecule has 0 atom stereocenters. The number of hydrogen-bond donors (Lipinski definition) is 3. The lowest BCUT2D eigenvalue weighted by atomic mass is 10.2. The summed E-state index contributed by atoms with van der Waals surface area (Å²) in [7, 11) is 0. The van der Waals surface area contributed by atoms with Crippen LogP contribution in [0.5, 0.6) is 0 Å². The number of aryl methyl sites for hydroxylation is 1. The van der Waals surface area contributed by atoms with Crippen molar-refractivity contribution >= 4 is 35.9 Å². The highest BCUT2D eigenvalue weighted by Crippen LogP contribution is 2.19. The van der Waals surface area contributed by atoms with Gasteiger partial charge in [0.25, 0.3) is 5.56 Å². The molecule has 0 aliphatic heterocycles. The summed E-state index contributed by atoms with van der Waals surface area (Å²) < 4.78 is 1.83. The van der Waals surface area contributed by atoms with E-state index in [1.807, 2.05) is 37.3 Å². The van der Waals surface area contributed by atoms with Crippen molar-refractivity contribution in [2.24, 2.45) is 5.10 Å². The Morgan fingerprint density at radius 2 is 2.11 bits per heavy atom. The van der Waals surface area contributed by atoms with E-state index in [9.17, 15) is 9.59 Å². The molecule has 0 fully saturated rings. The number of carbonyl (C=O) groups is 1. The Hall–Kier alpha value is -3.04. The largest absolute Gasteiger partial charge is 0.335 e. The summed E-state index contributed by atoms with van der Waals surface area (Å²) in [6.07, 6.45) is 1.38. The Bertz CT molecular complexity index is 1100. The lowest BCUT2D eigenvalue weighted by Gasteiger charge is -2.03. The molecule has 28 heavy (non-hydrogen) atoms. The van der Waals surface area contributed by atoms with Crippen LogP contribution in [-0.2, 0) is 17.8 Å². The number of rotatable bonds is 6. The van der Waals surface area contributed by atoms with Crippen molar-refractivity contribution in [2.45, 2.75) is 19.9 Å². The van der Waals surface area contributed by atoms with Crippen LogP contribution in [-0.4, -0.2) is 31.9 Å². The second kappa shape index (κ2) is 8.77. The van der Waals surface area contributed by atoms with Crippen molar-refractivity contribution in [1.82, 2.24) is 25.2 Å². The topological polar surface area (TPSA) is 108 Å². The molecule has 1 aromatic carbocycles. The number of hydrogen-bond acceptors (Lipinski definition) is 5. The predicted octanol–water partition coefficient (Wildman–Crippen LogP) is 2.33. The number of halogens is 1. The van der Waals surface area contributed by atoms with Gasteiger partial charge in [0.2, 0.25) is 5.91 Å². The van der Waals surface area contributed by atoms with Crippen LogP contribution in [0.1, 0.15) is 22.5 Å². The van der Waals surface area contributed by atoms with Gasteiger partial charge < -0.3 is 4.98 Å². The van der Waals surface area contributed by atoms with Gasteiger partial charge in [0, 0.05) is 11.8 Å². The van der Waals surface area contributed by atoms with Crippen LogP contribution in [0.3, 0.4) is 0 Å². The van der Waals surface area contributed by atoms with Crippen molar-refractivity contribution < 1.29 is 4.79 Å². The molecule has 2 aromatic heterocycles. The highest BCUT2D eigenvalue weighted by molar-refractivity contribution is 7.71. The highest BCUT2D eigenvalue weighted by atomic mass is 35.5. The number of benzene rings is 1. The third-order valence-electron chi connectivity index (χ3n) is 3.83. The number of amides is 1. The van der Waals surface area contributed by atoms with Crippen molar-refractivity contribution in [3.05, 3.63) is 79.2 Å². The predicted molar refractivity (Wildman–Crippen MR) is 109 cm³/mol. The fourth-order valence-corrected chi connectivity index (χ4v) is 3.09. The Morgan fingerprint density at radius 3 is 2.82 bits per heavy atom. The number of nitrogens with zero attached hydrogens (tertiary/aromatic N) is 3. The maximum absolute atomic E-state index is 12.0. The number of nitrogens with one attached hydrogen (secondary N) is 3. The van der Waals surface area contributed by atoms with Crippen LogP contribution < -0.4 is 11.0 Å². The molecule has 3 rings (SSSR count). The second-order valence-electron chi connectivity index (χ2n) is 6.02. The summed E-state index contributed by atoms with van der Waals surface area (Å²) in [6, 6.07) is 11.1. The van der Waals surface area contributed by atoms with E-state index in [2.05, 4.69) is 25.6 Å². The smallest absolute Gasteiger partial charge is 0.251 e. The Morgan fingerprint density at radius 1 is 1.36 bits per heavy atom. The molecule has 0 aliphatic carbocycles. The van der Waals surface area contributed by atoms with Crippen molar-refractivity contribution in [2.75, 3.05) is 0 Å². The SMILES string of the molecule is Cc1nn(Cc2ccccc2)c(Cl)c1/C=N\NC(=O)Cc1cc(=O)[nH]c(=S)[nH]1. The molecular formula is C18H17ClN6O2S. The van der Waals surface area contributed by atoms with E-state index in [1.54, 1.807) is 4.68 Å². The molecular weight excluding hydrogens is 400 g/mol. The van der Waals surface area contributed by atoms with Gasteiger partial charge in [-0.05, 0) is 24.7 Å². The molecule has 2 heterocycles. The summed E-state index contributed by atoms with van der Waals surface area (Å²) in [5.41, 5.74) is 4.80. The van der Waals surface area contributed by atoms with Gasteiger partial charge in [0.05, 0.1) is 30.4 Å². The van der Waals surface area contributed by atoms with E-state index in [4.69, 9.17) is 23.8 Å². The summed E-state index contributed by atoms with van der Waals surface area (Å²) in [5.74, 6) is -0.405. The van der Waals surface area contributed by atoms with Gasteiger partial charge in [-0.15, -0.1) is 0 Å². The molecule has 0 unspecified atom stereocenters. The summed E-state index contributed by atoms with van der Waals surface area (Å²) in [5, 5.41) is 8.78. The highest BCUT2D eigenvalue weighted by Gasteiger charge is 2.12. The third-order valence-corrected chi connectivity index (χ3v) is 4.44. The number of aromatic amines is 2. The third kappa shape index (κ3) is 5.02. The minimum absolute atomic E-state index is 0.0646. The number of hydrazone groups is 1. The number of carbonyl (C=O) groups excluding carboxylic acids is 1. The summed E-state index contributed by atoms with van der Waals surface area (Å²) in [6.45, 7) is 2.34. The fourth-order valence-electron chi connectivity index (χ4n) is 2.57. The van der Waals surface area contributed by atoms with Gasteiger partial charge in [-0.3, -0.25) is 14.6 Å². The van der Waals surface area contributed by atoms with Crippen molar-refractivity contribution in [3.8, 4) is 0 Å². The first-order chi connectivity index (χ1) is 13.4. The van der Waals surface area contributed by atoms with Crippen LogP contribution in [0.15, 0.2) is 46.3 Å². The van der Waals surface area contributed by atoms with Crippen LogP contribution >= 0.6 is 23.8 Å². The maximum atomic E-state index is 12.0. The zero-order valence-electron chi connectivity index (χ0n) is 14.9. The van der Waals surface area contributed by atoms with E-state index < -0.39 is 5.91 Å². The van der Waals surface area contributed by atoms with Gasteiger partial charge in [0.15, 0.2) is 4.77 Å². The minimum atomic E-state index is -0.405. The van der Waals surface area contributed by atoms with Crippen molar-refractivity contribution in [1.29, 1.82) is 0 Å². The van der Waals surface area contributed by atoms with Gasteiger partial charge in [0.1, 0.15) is 5.15 Å². The van der Waals surface area contributed by atoms with E-state index >= 15 is 0 Å². The molecule has 0 aliphatic rings. The monoisotopic (exact) mass is 416 g/mol. The minimum Gasteiger partial charge on any atom is -0.335 e. The molecule has 8 nitrogen and oxygen atoms in total. The zero-order valence-corrected chi connectivity index (χ0v) is 16.5. The van der Waals surface area contributed by atoms with Crippen LogP contribution in [0.25, 0.3) is 0 Å².